The molecule has 0 unspecified atom stereocenters. The van der Waals surface area contributed by atoms with Gasteiger partial charge in [-0.25, -0.2) is 0 Å². The summed E-state index contributed by atoms with van der Waals surface area (Å²) < 4.78 is 0. The third-order valence-electron chi connectivity index (χ3n) is 4.87. The van der Waals surface area contributed by atoms with Crippen LogP contribution in [0.4, 0.5) is 0 Å². The molecule has 21 heavy (non-hydrogen) atoms. The van der Waals surface area contributed by atoms with Crippen molar-refractivity contribution in [3.63, 3.8) is 0 Å². The first kappa shape index (κ1) is 14.1. The number of hydrogen-bond donors (Lipinski definition) is 0. The van der Waals surface area contributed by atoms with E-state index in [2.05, 4.69) is 62.4 Å². The van der Waals surface area contributed by atoms with Crippen LogP contribution in [0.3, 0.4) is 0 Å². The summed E-state index contributed by atoms with van der Waals surface area (Å²) in [5.74, 6) is 0.407. The second-order valence-electron chi connectivity index (χ2n) is 6.35. The molecule has 0 bridgehead atoms. The topological polar surface area (TPSA) is 17.1 Å². The lowest BCUT2D eigenvalue weighted by molar-refractivity contribution is -0.121. The maximum atomic E-state index is 11.7. The van der Waals surface area contributed by atoms with Gasteiger partial charge >= 0.3 is 0 Å². The molecule has 0 spiro atoms. The molecule has 1 aliphatic rings. The minimum absolute atomic E-state index is 0.00924. The summed E-state index contributed by atoms with van der Waals surface area (Å²) in [6.45, 7) is 4.24. The largest absolute Gasteiger partial charge is 0.300 e. The number of Topliss-reactive ketones (excluding diaryl/α,β-unsaturated/α-hetero) is 1. The van der Waals surface area contributed by atoms with Gasteiger partial charge in [0.2, 0.25) is 0 Å². The molecular formula is C20H22O. The first-order valence-electron chi connectivity index (χ1n) is 7.76. The number of rotatable bonds is 2. The van der Waals surface area contributed by atoms with Gasteiger partial charge in [-0.1, -0.05) is 59.7 Å². The Hall–Kier alpha value is -1.89. The average molecular weight is 278 g/mol. The summed E-state index contributed by atoms with van der Waals surface area (Å²) in [6.07, 6.45) is 3.25. The molecule has 0 aromatic heterocycles. The van der Waals surface area contributed by atoms with E-state index < -0.39 is 0 Å². The number of benzene rings is 2. The van der Waals surface area contributed by atoms with Crippen LogP contribution < -0.4 is 0 Å². The van der Waals surface area contributed by atoms with Crippen LogP contribution in [0, 0.1) is 13.8 Å². The van der Waals surface area contributed by atoms with E-state index in [1.807, 2.05) is 0 Å². The van der Waals surface area contributed by atoms with Crippen LogP contribution in [0.5, 0.6) is 0 Å². The lowest BCUT2D eigenvalue weighted by atomic mass is 9.65. The van der Waals surface area contributed by atoms with E-state index in [0.29, 0.717) is 18.6 Å². The Morgan fingerprint density at radius 3 is 1.48 bits per heavy atom. The Morgan fingerprint density at radius 1 is 0.714 bits per heavy atom. The van der Waals surface area contributed by atoms with Crippen molar-refractivity contribution < 1.29 is 4.79 Å². The second-order valence-corrected chi connectivity index (χ2v) is 6.35. The Morgan fingerprint density at radius 2 is 1.10 bits per heavy atom. The highest BCUT2D eigenvalue weighted by Crippen LogP contribution is 2.44. The fraction of sp³-hybridized carbons (Fsp3) is 0.350. The Labute approximate surface area is 127 Å². The maximum absolute atomic E-state index is 11.7. The second kappa shape index (κ2) is 5.48. The molecule has 1 heteroatoms. The van der Waals surface area contributed by atoms with Crippen LogP contribution in [0.1, 0.15) is 47.9 Å². The van der Waals surface area contributed by atoms with Crippen molar-refractivity contribution >= 4 is 5.78 Å². The average Bonchev–Trinajstić information content (AvgIpc) is 2.50. The van der Waals surface area contributed by atoms with E-state index in [1.165, 1.54) is 22.3 Å². The molecule has 0 aliphatic heterocycles. The lowest BCUT2D eigenvalue weighted by Crippen LogP contribution is -2.33. The van der Waals surface area contributed by atoms with Gasteiger partial charge in [-0.15, -0.1) is 0 Å². The number of aryl methyl sites for hydroxylation is 2. The standard InChI is InChI=1S/C20H22O/c1-15-3-7-17(8-4-15)20(13-11-19(21)12-14-20)18-9-5-16(2)6-10-18/h3-10H,11-14H2,1-2H3. The van der Waals surface area contributed by atoms with E-state index in [0.717, 1.165) is 12.8 Å². The van der Waals surface area contributed by atoms with Crippen molar-refractivity contribution in [1.29, 1.82) is 0 Å². The molecule has 108 valence electrons. The van der Waals surface area contributed by atoms with Gasteiger partial charge in [-0.05, 0) is 37.8 Å². The van der Waals surface area contributed by atoms with Crippen molar-refractivity contribution in [3.8, 4) is 0 Å². The zero-order chi connectivity index (χ0) is 14.9. The van der Waals surface area contributed by atoms with E-state index in [1.54, 1.807) is 0 Å². The molecule has 2 aromatic rings. The summed E-state index contributed by atoms with van der Waals surface area (Å²) in [7, 11) is 0. The molecule has 0 heterocycles. The first-order chi connectivity index (χ1) is 10.1. The van der Waals surface area contributed by atoms with Gasteiger partial charge in [0.25, 0.3) is 0 Å². The smallest absolute Gasteiger partial charge is 0.133 e. The van der Waals surface area contributed by atoms with Crippen molar-refractivity contribution in [2.24, 2.45) is 0 Å². The Balaban J connectivity index is 2.08. The predicted octanol–water partition coefficient (Wildman–Crippen LogP) is 4.73. The minimum Gasteiger partial charge on any atom is -0.300 e. The minimum atomic E-state index is 0.00924. The summed E-state index contributed by atoms with van der Waals surface area (Å²) >= 11 is 0. The summed E-state index contributed by atoms with van der Waals surface area (Å²) in [4.78, 5) is 11.7. The molecular weight excluding hydrogens is 256 g/mol. The quantitative estimate of drug-likeness (QED) is 0.776. The summed E-state index contributed by atoms with van der Waals surface area (Å²) in [6, 6.07) is 17.7. The molecule has 1 nitrogen and oxygen atoms in total. The lowest BCUT2D eigenvalue weighted by Gasteiger charge is -2.38. The van der Waals surface area contributed by atoms with Gasteiger partial charge in [-0.2, -0.15) is 0 Å². The van der Waals surface area contributed by atoms with Gasteiger partial charge in [-0.3, -0.25) is 4.79 Å². The van der Waals surface area contributed by atoms with Crippen molar-refractivity contribution in [3.05, 3.63) is 70.8 Å². The highest BCUT2D eigenvalue weighted by atomic mass is 16.1. The van der Waals surface area contributed by atoms with Gasteiger partial charge in [0.1, 0.15) is 5.78 Å². The van der Waals surface area contributed by atoms with E-state index in [-0.39, 0.29) is 5.41 Å². The molecule has 2 aromatic carbocycles. The zero-order valence-electron chi connectivity index (χ0n) is 12.9. The normalized spacial score (nSPS) is 17.7. The highest BCUT2D eigenvalue weighted by Gasteiger charge is 2.37. The van der Waals surface area contributed by atoms with Gasteiger partial charge in [0.15, 0.2) is 0 Å². The molecule has 0 atom stereocenters. The van der Waals surface area contributed by atoms with Crippen LogP contribution in [0.15, 0.2) is 48.5 Å². The van der Waals surface area contributed by atoms with Crippen molar-refractivity contribution in [1.82, 2.24) is 0 Å². The Kier molecular flexibility index (Phi) is 3.67. The molecule has 0 saturated heterocycles. The molecule has 1 fully saturated rings. The fourth-order valence-electron chi connectivity index (χ4n) is 3.44. The molecule has 3 rings (SSSR count). The summed E-state index contributed by atoms with van der Waals surface area (Å²) in [5.41, 5.74) is 5.28. The number of carbonyl (C=O) groups is 1. The van der Waals surface area contributed by atoms with Gasteiger partial charge in [0.05, 0.1) is 0 Å². The van der Waals surface area contributed by atoms with E-state index in [4.69, 9.17) is 0 Å². The summed E-state index contributed by atoms with van der Waals surface area (Å²) in [5, 5.41) is 0. The van der Waals surface area contributed by atoms with Crippen molar-refractivity contribution in [2.75, 3.05) is 0 Å². The number of ketones is 1. The SMILES string of the molecule is Cc1ccc(C2(c3ccc(C)cc3)CCC(=O)CC2)cc1. The fourth-order valence-corrected chi connectivity index (χ4v) is 3.44. The van der Waals surface area contributed by atoms with Gasteiger partial charge < -0.3 is 0 Å². The molecule has 1 aliphatic carbocycles. The third-order valence-corrected chi connectivity index (χ3v) is 4.87. The van der Waals surface area contributed by atoms with Crippen LogP contribution in [-0.4, -0.2) is 5.78 Å². The van der Waals surface area contributed by atoms with Crippen LogP contribution >= 0.6 is 0 Å². The maximum Gasteiger partial charge on any atom is 0.133 e. The molecule has 0 amide bonds. The number of hydrogen-bond acceptors (Lipinski definition) is 1. The molecule has 1 saturated carbocycles. The predicted molar refractivity (Wildman–Crippen MR) is 86.6 cm³/mol. The van der Waals surface area contributed by atoms with E-state index in [9.17, 15) is 4.79 Å². The van der Waals surface area contributed by atoms with Crippen molar-refractivity contribution in [2.45, 2.75) is 44.9 Å². The highest BCUT2D eigenvalue weighted by molar-refractivity contribution is 5.80. The van der Waals surface area contributed by atoms with Crippen LogP contribution in [0.2, 0.25) is 0 Å². The zero-order valence-corrected chi connectivity index (χ0v) is 12.9. The number of carbonyl (C=O) groups excluding carboxylic acids is 1. The third kappa shape index (κ3) is 2.65. The Bertz CT molecular complexity index is 577. The monoisotopic (exact) mass is 278 g/mol. The van der Waals surface area contributed by atoms with Gasteiger partial charge in [0, 0.05) is 18.3 Å². The van der Waals surface area contributed by atoms with E-state index >= 15 is 0 Å². The molecule has 0 N–H and O–H groups in total. The molecule has 0 radical (unpaired) electrons. The first-order valence-corrected chi connectivity index (χ1v) is 7.76. The van der Waals surface area contributed by atoms with Crippen LogP contribution in [0.25, 0.3) is 0 Å². The van der Waals surface area contributed by atoms with Crippen LogP contribution in [-0.2, 0) is 10.2 Å².